The molecule has 19 heavy (non-hydrogen) atoms. The summed E-state index contributed by atoms with van der Waals surface area (Å²) in [4.78, 5) is 4.93. The molecule has 0 aromatic carbocycles. The van der Waals surface area contributed by atoms with Gasteiger partial charge in [0.05, 0.1) is 12.0 Å². The molecule has 3 unspecified atom stereocenters. The molecule has 3 atom stereocenters. The van der Waals surface area contributed by atoms with Gasteiger partial charge in [0.15, 0.2) is 0 Å². The van der Waals surface area contributed by atoms with Gasteiger partial charge in [0.1, 0.15) is 0 Å². The molecule has 0 N–H and O–H groups in total. The van der Waals surface area contributed by atoms with E-state index in [1.54, 1.807) is 0 Å². The summed E-state index contributed by atoms with van der Waals surface area (Å²) in [5.74, 6) is 1.93. The van der Waals surface area contributed by atoms with Crippen molar-refractivity contribution >= 4 is 0 Å². The number of hydrogen-bond donors (Lipinski definition) is 0. The van der Waals surface area contributed by atoms with Crippen molar-refractivity contribution in [2.75, 3.05) is 33.7 Å². The predicted octanol–water partition coefficient (Wildman–Crippen LogP) is 2.59. The van der Waals surface area contributed by atoms with E-state index in [0.717, 1.165) is 18.3 Å². The Balaban J connectivity index is 1.87. The van der Waals surface area contributed by atoms with Crippen molar-refractivity contribution in [3.05, 3.63) is 0 Å². The van der Waals surface area contributed by atoms with Crippen LogP contribution in [0.25, 0.3) is 0 Å². The highest BCUT2D eigenvalue weighted by Gasteiger charge is 2.34. The molecule has 0 aromatic rings. The minimum absolute atomic E-state index is 0.279. The Morgan fingerprint density at radius 1 is 1.16 bits per heavy atom. The topological polar surface area (TPSA) is 30.3 Å². The molecule has 1 aliphatic heterocycles. The SMILES string of the molecule is CC1CCC(C#N)C(N2CCC(CN(C)C)CC2)C1. The molecular formula is C16H29N3. The molecule has 0 spiro atoms. The lowest BCUT2D eigenvalue weighted by molar-refractivity contribution is 0.0655. The van der Waals surface area contributed by atoms with Crippen LogP contribution >= 0.6 is 0 Å². The van der Waals surface area contributed by atoms with Gasteiger partial charge in [-0.25, -0.2) is 0 Å². The molecule has 2 rings (SSSR count). The van der Waals surface area contributed by atoms with Crippen molar-refractivity contribution in [1.29, 1.82) is 5.26 Å². The second kappa shape index (κ2) is 6.72. The highest BCUT2D eigenvalue weighted by molar-refractivity contribution is 4.98. The van der Waals surface area contributed by atoms with Gasteiger partial charge >= 0.3 is 0 Å². The molecule has 2 fully saturated rings. The van der Waals surface area contributed by atoms with Crippen LogP contribution in [0.3, 0.4) is 0 Å². The van der Waals surface area contributed by atoms with E-state index in [4.69, 9.17) is 0 Å². The molecule has 1 heterocycles. The average Bonchev–Trinajstić information content (AvgIpc) is 2.39. The average molecular weight is 263 g/mol. The molecule has 3 nitrogen and oxygen atoms in total. The number of rotatable bonds is 3. The van der Waals surface area contributed by atoms with E-state index in [9.17, 15) is 5.26 Å². The Morgan fingerprint density at radius 2 is 1.84 bits per heavy atom. The molecule has 2 aliphatic rings. The van der Waals surface area contributed by atoms with Crippen molar-refractivity contribution in [3.63, 3.8) is 0 Å². The van der Waals surface area contributed by atoms with Crippen LogP contribution < -0.4 is 0 Å². The number of nitriles is 1. The Labute approximate surface area is 118 Å². The first-order chi connectivity index (χ1) is 9.10. The predicted molar refractivity (Wildman–Crippen MR) is 78.8 cm³/mol. The summed E-state index contributed by atoms with van der Waals surface area (Å²) < 4.78 is 0. The normalized spacial score (nSPS) is 34.4. The molecule has 0 aromatic heterocycles. The Morgan fingerprint density at radius 3 is 2.42 bits per heavy atom. The van der Waals surface area contributed by atoms with Crippen LogP contribution in [-0.2, 0) is 0 Å². The molecule has 108 valence electrons. The van der Waals surface area contributed by atoms with Gasteiger partial charge in [-0.1, -0.05) is 6.92 Å². The van der Waals surface area contributed by atoms with E-state index >= 15 is 0 Å². The van der Waals surface area contributed by atoms with Gasteiger partial charge in [-0.05, 0) is 71.1 Å². The third kappa shape index (κ3) is 3.94. The summed E-state index contributed by atoms with van der Waals surface area (Å²) >= 11 is 0. The van der Waals surface area contributed by atoms with Gasteiger partial charge in [-0.15, -0.1) is 0 Å². The number of piperidine rings is 1. The van der Waals surface area contributed by atoms with Crippen LogP contribution in [0, 0.1) is 29.1 Å². The first-order valence-corrected chi connectivity index (χ1v) is 7.88. The first kappa shape index (κ1) is 14.8. The number of hydrogen-bond acceptors (Lipinski definition) is 3. The van der Waals surface area contributed by atoms with Crippen LogP contribution in [-0.4, -0.2) is 49.6 Å². The van der Waals surface area contributed by atoms with E-state index in [1.165, 1.54) is 45.3 Å². The van der Waals surface area contributed by atoms with E-state index in [2.05, 4.69) is 36.9 Å². The summed E-state index contributed by atoms with van der Waals surface area (Å²) in [6, 6.07) is 3.10. The Bertz CT molecular complexity index is 312. The smallest absolute Gasteiger partial charge is 0.0672 e. The first-order valence-electron chi connectivity index (χ1n) is 7.88. The second-order valence-corrected chi connectivity index (χ2v) is 6.96. The molecular weight excluding hydrogens is 234 g/mol. The fourth-order valence-electron chi connectivity index (χ4n) is 3.89. The van der Waals surface area contributed by atoms with Gasteiger partial charge in [0, 0.05) is 12.6 Å². The fraction of sp³-hybridized carbons (Fsp3) is 0.938. The zero-order chi connectivity index (χ0) is 13.8. The van der Waals surface area contributed by atoms with Crippen LogP contribution in [0.2, 0.25) is 0 Å². The summed E-state index contributed by atoms with van der Waals surface area (Å²) in [7, 11) is 4.34. The van der Waals surface area contributed by atoms with Crippen molar-refractivity contribution in [2.45, 2.75) is 45.1 Å². The molecule has 1 aliphatic carbocycles. The van der Waals surface area contributed by atoms with Crippen molar-refractivity contribution in [2.24, 2.45) is 17.8 Å². The van der Waals surface area contributed by atoms with Crippen LogP contribution in [0.1, 0.15) is 39.0 Å². The lowest BCUT2D eigenvalue weighted by Gasteiger charge is -2.43. The third-order valence-electron chi connectivity index (χ3n) is 4.99. The standard InChI is InChI=1S/C16H29N3/c1-13-4-5-15(11-17)16(10-13)19-8-6-14(7-9-19)12-18(2)3/h13-16H,4-10,12H2,1-3H3. The molecule has 1 saturated carbocycles. The molecule has 3 heteroatoms. The second-order valence-electron chi connectivity index (χ2n) is 6.96. The number of likely N-dealkylation sites (tertiary alicyclic amines) is 1. The van der Waals surface area contributed by atoms with E-state index in [1.807, 2.05) is 0 Å². The van der Waals surface area contributed by atoms with Crippen molar-refractivity contribution in [3.8, 4) is 6.07 Å². The summed E-state index contributed by atoms with van der Waals surface area (Å²) in [6.07, 6.45) is 6.20. The maximum atomic E-state index is 9.37. The lowest BCUT2D eigenvalue weighted by atomic mass is 9.78. The van der Waals surface area contributed by atoms with Crippen LogP contribution in [0.5, 0.6) is 0 Å². The van der Waals surface area contributed by atoms with Gasteiger partial charge in [0.25, 0.3) is 0 Å². The van der Waals surface area contributed by atoms with E-state index in [0.29, 0.717) is 6.04 Å². The zero-order valence-electron chi connectivity index (χ0n) is 12.8. The zero-order valence-corrected chi connectivity index (χ0v) is 12.8. The van der Waals surface area contributed by atoms with E-state index < -0.39 is 0 Å². The lowest BCUT2D eigenvalue weighted by Crippen LogP contribution is -2.48. The molecule has 0 amide bonds. The largest absolute Gasteiger partial charge is 0.309 e. The highest BCUT2D eigenvalue weighted by Crippen LogP contribution is 2.34. The summed E-state index contributed by atoms with van der Waals surface area (Å²) in [6.45, 7) is 5.97. The minimum atomic E-state index is 0.279. The summed E-state index contributed by atoms with van der Waals surface area (Å²) in [5.41, 5.74) is 0. The van der Waals surface area contributed by atoms with Crippen LogP contribution in [0.4, 0.5) is 0 Å². The van der Waals surface area contributed by atoms with Gasteiger partial charge in [0.2, 0.25) is 0 Å². The monoisotopic (exact) mass is 263 g/mol. The molecule has 1 saturated heterocycles. The van der Waals surface area contributed by atoms with Crippen molar-refractivity contribution in [1.82, 2.24) is 9.80 Å². The van der Waals surface area contributed by atoms with Gasteiger partial charge < -0.3 is 4.90 Å². The Kier molecular flexibility index (Phi) is 5.24. The minimum Gasteiger partial charge on any atom is -0.309 e. The van der Waals surface area contributed by atoms with Gasteiger partial charge in [-0.3, -0.25) is 4.90 Å². The fourth-order valence-corrected chi connectivity index (χ4v) is 3.89. The maximum Gasteiger partial charge on any atom is 0.0672 e. The highest BCUT2D eigenvalue weighted by atomic mass is 15.2. The molecule has 0 bridgehead atoms. The van der Waals surface area contributed by atoms with Crippen LogP contribution in [0.15, 0.2) is 0 Å². The quantitative estimate of drug-likeness (QED) is 0.784. The van der Waals surface area contributed by atoms with E-state index in [-0.39, 0.29) is 5.92 Å². The van der Waals surface area contributed by atoms with Gasteiger partial charge in [-0.2, -0.15) is 5.26 Å². The third-order valence-corrected chi connectivity index (χ3v) is 4.99. The maximum absolute atomic E-state index is 9.37. The summed E-state index contributed by atoms with van der Waals surface area (Å²) in [5, 5.41) is 9.37. The van der Waals surface area contributed by atoms with Crippen molar-refractivity contribution < 1.29 is 0 Å². The Hall–Kier alpha value is -0.590. The number of nitrogens with zero attached hydrogens (tertiary/aromatic N) is 3. The molecule has 0 radical (unpaired) electrons.